The molecule has 1 atom stereocenters. The Balaban J connectivity index is 2.09. The number of pyridine rings is 1. The lowest BCUT2D eigenvalue weighted by Crippen LogP contribution is -2.16. The second-order valence-corrected chi connectivity index (χ2v) is 6.90. The predicted molar refractivity (Wildman–Crippen MR) is 89.4 cm³/mol. The van der Waals surface area contributed by atoms with E-state index in [4.69, 9.17) is 15.9 Å². The van der Waals surface area contributed by atoms with Crippen molar-refractivity contribution in [2.75, 3.05) is 5.75 Å². The van der Waals surface area contributed by atoms with Crippen LogP contribution in [0.25, 0.3) is 0 Å². The number of rotatable bonds is 2. The van der Waals surface area contributed by atoms with Crippen molar-refractivity contribution < 1.29 is 4.74 Å². The van der Waals surface area contributed by atoms with Gasteiger partial charge in [0.1, 0.15) is 5.75 Å². The Kier molecular flexibility index (Phi) is 3.91. The standard InChI is InChI=1S/C15H14BrN3OS/c1-8-2-3-13-10(4-8)12(7-21-15(17)18)11-5-9(16)6-19-14(11)20-13/h2-6,12H,7H2,1H3,(H3,17,18). The monoisotopic (exact) mass is 363 g/mol. The molecule has 1 unspecified atom stereocenters. The zero-order valence-electron chi connectivity index (χ0n) is 11.4. The van der Waals surface area contributed by atoms with Gasteiger partial charge in [0, 0.05) is 33.5 Å². The fraction of sp³-hybridized carbons (Fsp3) is 0.200. The maximum atomic E-state index is 7.45. The van der Waals surface area contributed by atoms with E-state index in [1.165, 1.54) is 17.3 Å². The van der Waals surface area contributed by atoms with E-state index < -0.39 is 0 Å². The number of nitrogens with zero attached hydrogens (tertiary/aromatic N) is 1. The highest BCUT2D eigenvalue weighted by Gasteiger charge is 2.28. The number of fused-ring (bicyclic) bond motifs is 2. The van der Waals surface area contributed by atoms with Crippen LogP contribution in [0.15, 0.2) is 34.9 Å². The van der Waals surface area contributed by atoms with E-state index in [1.54, 1.807) is 6.20 Å². The molecule has 0 spiro atoms. The number of amidine groups is 1. The average molecular weight is 364 g/mol. The summed E-state index contributed by atoms with van der Waals surface area (Å²) in [5, 5.41) is 7.58. The lowest BCUT2D eigenvalue weighted by atomic mass is 9.90. The van der Waals surface area contributed by atoms with E-state index in [9.17, 15) is 0 Å². The van der Waals surface area contributed by atoms with Gasteiger partial charge in [-0.1, -0.05) is 29.5 Å². The molecule has 1 aliphatic rings. The number of halogens is 1. The Labute approximate surface area is 135 Å². The van der Waals surface area contributed by atoms with Crippen molar-refractivity contribution in [3.05, 3.63) is 51.6 Å². The summed E-state index contributed by atoms with van der Waals surface area (Å²) in [6.07, 6.45) is 1.73. The molecule has 0 amide bonds. The SMILES string of the molecule is Cc1ccc2c(c1)C(CSC(=N)N)c1cc(Br)cnc1O2. The minimum atomic E-state index is 0.113. The maximum Gasteiger partial charge on any atom is 0.223 e. The Morgan fingerprint density at radius 2 is 2.24 bits per heavy atom. The highest BCUT2D eigenvalue weighted by Crippen LogP contribution is 2.45. The van der Waals surface area contributed by atoms with Gasteiger partial charge in [-0.15, -0.1) is 0 Å². The molecule has 0 fully saturated rings. The normalized spacial score (nSPS) is 15.8. The van der Waals surface area contributed by atoms with E-state index in [-0.39, 0.29) is 11.1 Å². The summed E-state index contributed by atoms with van der Waals surface area (Å²) in [6, 6.07) is 8.16. The highest BCUT2D eigenvalue weighted by atomic mass is 79.9. The number of hydrogen-bond donors (Lipinski definition) is 2. The molecule has 21 heavy (non-hydrogen) atoms. The van der Waals surface area contributed by atoms with Gasteiger partial charge in [0.05, 0.1) is 0 Å². The summed E-state index contributed by atoms with van der Waals surface area (Å²) >= 11 is 4.80. The van der Waals surface area contributed by atoms with Crippen LogP contribution in [0.4, 0.5) is 0 Å². The molecule has 1 aromatic heterocycles. The Morgan fingerprint density at radius 1 is 1.43 bits per heavy atom. The van der Waals surface area contributed by atoms with Gasteiger partial charge in [-0.25, -0.2) is 4.98 Å². The van der Waals surface area contributed by atoms with E-state index >= 15 is 0 Å². The summed E-state index contributed by atoms with van der Waals surface area (Å²) in [4.78, 5) is 4.35. The van der Waals surface area contributed by atoms with Crippen molar-refractivity contribution in [2.24, 2.45) is 5.73 Å². The fourth-order valence-corrected chi connectivity index (χ4v) is 3.49. The van der Waals surface area contributed by atoms with E-state index in [0.29, 0.717) is 11.6 Å². The first-order chi connectivity index (χ1) is 10.0. The van der Waals surface area contributed by atoms with Gasteiger partial charge in [-0.2, -0.15) is 0 Å². The molecule has 6 heteroatoms. The van der Waals surface area contributed by atoms with Crippen molar-refractivity contribution in [3.8, 4) is 11.6 Å². The molecule has 0 saturated carbocycles. The summed E-state index contributed by atoms with van der Waals surface area (Å²) in [7, 11) is 0. The predicted octanol–water partition coefficient (Wildman–Crippen LogP) is 4.02. The Hall–Kier alpha value is -1.53. The molecule has 0 radical (unpaired) electrons. The lowest BCUT2D eigenvalue weighted by molar-refractivity contribution is 0.431. The summed E-state index contributed by atoms with van der Waals surface area (Å²) < 4.78 is 6.81. The molecular formula is C15H14BrN3OS. The number of hydrogen-bond acceptors (Lipinski definition) is 4. The van der Waals surface area contributed by atoms with Gasteiger partial charge in [0.25, 0.3) is 0 Å². The first-order valence-corrected chi connectivity index (χ1v) is 8.23. The van der Waals surface area contributed by atoms with Gasteiger partial charge in [0.2, 0.25) is 5.88 Å². The summed E-state index contributed by atoms with van der Waals surface area (Å²) in [5.74, 6) is 2.27. The molecule has 0 aliphatic carbocycles. The third-order valence-corrected chi connectivity index (χ3v) is 4.62. The van der Waals surface area contributed by atoms with Crippen LogP contribution in [0, 0.1) is 12.3 Å². The van der Waals surface area contributed by atoms with Crippen LogP contribution in [0.2, 0.25) is 0 Å². The van der Waals surface area contributed by atoms with Gasteiger partial charge >= 0.3 is 0 Å². The van der Waals surface area contributed by atoms with Crippen LogP contribution in [-0.4, -0.2) is 15.9 Å². The third kappa shape index (κ3) is 2.91. The van der Waals surface area contributed by atoms with E-state index in [2.05, 4.69) is 33.9 Å². The molecule has 2 heterocycles. The van der Waals surface area contributed by atoms with E-state index in [1.807, 2.05) is 18.2 Å². The van der Waals surface area contributed by atoms with Crippen LogP contribution in [-0.2, 0) is 0 Å². The lowest BCUT2D eigenvalue weighted by Gasteiger charge is -2.27. The summed E-state index contributed by atoms with van der Waals surface area (Å²) in [5.41, 5.74) is 8.83. The van der Waals surface area contributed by atoms with Crippen molar-refractivity contribution in [2.45, 2.75) is 12.8 Å². The first-order valence-electron chi connectivity index (χ1n) is 6.45. The number of aromatic nitrogens is 1. The quantitative estimate of drug-likeness (QED) is 0.624. The van der Waals surface area contributed by atoms with Crippen molar-refractivity contribution in [1.29, 1.82) is 5.41 Å². The minimum Gasteiger partial charge on any atom is -0.438 e. The molecule has 1 aliphatic heterocycles. The van der Waals surface area contributed by atoms with E-state index in [0.717, 1.165) is 21.3 Å². The van der Waals surface area contributed by atoms with Crippen LogP contribution in [0.5, 0.6) is 11.6 Å². The first kappa shape index (κ1) is 14.4. The topological polar surface area (TPSA) is 72.0 Å². The third-order valence-electron chi connectivity index (χ3n) is 3.37. The summed E-state index contributed by atoms with van der Waals surface area (Å²) in [6.45, 7) is 2.06. The number of ether oxygens (including phenoxy) is 1. The fourth-order valence-electron chi connectivity index (χ4n) is 2.43. The molecule has 3 rings (SSSR count). The number of nitrogens with one attached hydrogen (secondary N) is 1. The van der Waals surface area contributed by atoms with Crippen LogP contribution in [0.1, 0.15) is 22.6 Å². The number of aryl methyl sites for hydroxylation is 1. The van der Waals surface area contributed by atoms with Crippen LogP contribution in [0.3, 0.4) is 0 Å². The highest BCUT2D eigenvalue weighted by molar-refractivity contribution is 9.10. The Bertz CT molecular complexity index is 669. The smallest absolute Gasteiger partial charge is 0.223 e. The molecule has 108 valence electrons. The van der Waals surface area contributed by atoms with Crippen molar-refractivity contribution in [1.82, 2.24) is 4.98 Å². The Morgan fingerprint density at radius 3 is 3.00 bits per heavy atom. The zero-order valence-corrected chi connectivity index (χ0v) is 13.8. The molecule has 4 nitrogen and oxygen atoms in total. The van der Waals surface area contributed by atoms with Crippen LogP contribution < -0.4 is 10.5 Å². The molecule has 1 aromatic carbocycles. The number of thioether (sulfide) groups is 1. The second kappa shape index (κ2) is 5.69. The number of benzene rings is 1. The number of nitrogens with two attached hydrogens (primary N) is 1. The average Bonchev–Trinajstić information content (AvgIpc) is 2.44. The van der Waals surface area contributed by atoms with Gasteiger partial charge in [0.15, 0.2) is 5.17 Å². The van der Waals surface area contributed by atoms with Gasteiger partial charge < -0.3 is 10.5 Å². The second-order valence-electron chi connectivity index (χ2n) is 4.92. The minimum absolute atomic E-state index is 0.113. The van der Waals surface area contributed by atoms with Crippen molar-refractivity contribution >= 4 is 32.9 Å². The largest absolute Gasteiger partial charge is 0.438 e. The molecular weight excluding hydrogens is 350 g/mol. The van der Waals surface area contributed by atoms with Crippen LogP contribution >= 0.6 is 27.7 Å². The van der Waals surface area contributed by atoms with Gasteiger partial charge in [-0.3, -0.25) is 5.41 Å². The molecule has 0 bridgehead atoms. The van der Waals surface area contributed by atoms with Gasteiger partial charge in [-0.05, 0) is 35.0 Å². The molecule has 2 aromatic rings. The molecule has 0 saturated heterocycles. The van der Waals surface area contributed by atoms with Crippen molar-refractivity contribution in [3.63, 3.8) is 0 Å². The maximum absolute atomic E-state index is 7.45. The zero-order chi connectivity index (χ0) is 15.0. The molecule has 3 N–H and O–H groups in total.